The van der Waals surface area contributed by atoms with E-state index in [0.29, 0.717) is 6.54 Å². The Labute approximate surface area is 97.3 Å². The molecule has 5 heteroatoms. The van der Waals surface area contributed by atoms with Crippen LogP contribution in [0.3, 0.4) is 0 Å². The van der Waals surface area contributed by atoms with Crippen LogP contribution in [0, 0.1) is 0 Å². The highest BCUT2D eigenvalue weighted by atomic mass is 16.5. The highest BCUT2D eigenvalue weighted by molar-refractivity contribution is 5.84. The van der Waals surface area contributed by atoms with Crippen LogP contribution in [0.1, 0.15) is 20.3 Å². The fraction of sp³-hybridized carbons (Fsp3) is 0.909. The van der Waals surface area contributed by atoms with Crippen molar-refractivity contribution in [3.05, 3.63) is 0 Å². The summed E-state index contributed by atoms with van der Waals surface area (Å²) < 4.78 is 5.59. The van der Waals surface area contributed by atoms with Gasteiger partial charge in [0, 0.05) is 19.6 Å². The SMILES string of the molecule is CCC1CN(CC(C)(NC)C(N)=O)CCO1. The molecular formula is C11H23N3O2. The predicted molar refractivity (Wildman–Crippen MR) is 63.1 cm³/mol. The molecule has 0 aliphatic carbocycles. The topological polar surface area (TPSA) is 67.6 Å². The molecule has 0 radical (unpaired) electrons. The standard InChI is InChI=1S/C11H23N3O2/c1-4-9-7-14(5-6-16-9)8-11(2,13-3)10(12)15/h9,13H,4-8H2,1-3H3,(H2,12,15). The van der Waals surface area contributed by atoms with Crippen LogP contribution in [0.5, 0.6) is 0 Å². The molecule has 3 N–H and O–H groups in total. The van der Waals surface area contributed by atoms with Crippen LogP contribution in [0.2, 0.25) is 0 Å². The number of nitrogens with zero attached hydrogens (tertiary/aromatic N) is 1. The van der Waals surface area contributed by atoms with Gasteiger partial charge in [-0.15, -0.1) is 0 Å². The number of nitrogens with two attached hydrogens (primary N) is 1. The van der Waals surface area contributed by atoms with Gasteiger partial charge >= 0.3 is 0 Å². The molecule has 0 aromatic heterocycles. The molecule has 94 valence electrons. The first kappa shape index (κ1) is 13.4. The van der Waals surface area contributed by atoms with Crippen LogP contribution < -0.4 is 11.1 Å². The molecule has 1 fully saturated rings. The minimum absolute atomic E-state index is 0.280. The first-order valence-corrected chi connectivity index (χ1v) is 5.84. The summed E-state index contributed by atoms with van der Waals surface area (Å²) in [7, 11) is 1.77. The van der Waals surface area contributed by atoms with E-state index >= 15 is 0 Å². The normalized spacial score (nSPS) is 26.3. The number of amides is 1. The highest BCUT2D eigenvalue weighted by Gasteiger charge is 2.33. The average molecular weight is 229 g/mol. The molecule has 5 nitrogen and oxygen atoms in total. The average Bonchev–Trinajstić information content (AvgIpc) is 2.29. The smallest absolute Gasteiger partial charge is 0.238 e. The third kappa shape index (κ3) is 3.17. The summed E-state index contributed by atoms with van der Waals surface area (Å²) in [5, 5.41) is 3.00. The summed E-state index contributed by atoms with van der Waals surface area (Å²) in [6.45, 7) is 7.06. The van der Waals surface area contributed by atoms with Gasteiger partial charge in [-0.25, -0.2) is 0 Å². The van der Waals surface area contributed by atoms with E-state index in [1.54, 1.807) is 7.05 Å². The highest BCUT2D eigenvalue weighted by Crippen LogP contribution is 2.12. The Bertz CT molecular complexity index is 247. The number of likely N-dealkylation sites (N-methyl/N-ethyl adjacent to an activating group) is 1. The Hall–Kier alpha value is -0.650. The molecule has 0 spiro atoms. The lowest BCUT2D eigenvalue weighted by Crippen LogP contribution is -2.60. The lowest BCUT2D eigenvalue weighted by molar-refractivity contribution is -0.125. The molecule has 2 atom stereocenters. The molecule has 0 saturated carbocycles. The minimum atomic E-state index is -0.657. The van der Waals surface area contributed by atoms with Gasteiger partial charge in [-0.05, 0) is 20.4 Å². The third-order valence-electron chi connectivity index (χ3n) is 3.31. The molecule has 0 aromatic carbocycles. The van der Waals surface area contributed by atoms with Gasteiger partial charge in [0.15, 0.2) is 0 Å². The number of carbonyl (C=O) groups excluding carboxylic acids is 1. The molecule has 16 heavy (non-hydrogen) atoms. The number of hydrogen-bond donors (Lipinski definition) is 2. The van der Waals surface area contributed by atoms with Crippen molar-refractivity contribution in [2.75, 3.05) is 33.3 Å². The van der Waals surface area contributed by atoms with Crippen molar-refractivity contribution in [3.63, 3.8) is 0 Å². The number of ether oxygens (including phenoxy) is 1. The number of carbonyl (C=O) groups is 1. The maximum atomic E-state index is 11.4. The van der Waals surface area contributed by atoms with Crippen LogP contribution in [0.15, 0.2) is 0 Å². The van der Waals surface area contributed by atoms with Crippen LogP contribution >= 0.6 is 0 Å². The summed E-state index contributed by atoms with van der Waals surface area (Å²) in [5.41, 5.74) is 4.75. The van der Waals surface area contributed by atoms with Gasteiger partial charge < -0.3 is 15.8 Å². The van der Waals surface area contributed by atoms with Crippen LogP contribution in [0.4, 0.5) is 0 Å². The van der Waals surface area contributed by atoms with Crippen molar-refractivity contribution in [1.29, 1.82) is 0 Å². The zero-order valence-electron chi connectivity index (χ0n) is 10.5. The van der Waals surface area contributed by atoms with E-state index in [9.17, 15) is 4.79 Å². The molecule has 0 aromatic rings. The van der Waals surface area contributed by atoms with Gasteiger partial charge in [-0.1, -0.05) is 6.92 Å². The Morgan fingerprint density at radius 2 is 2.38 bits per heavy atom. The van der Waals surface area contributed by atoms with Crippen LogP contribution in [-0.4, -0.2) is 55.7 Å². The lowest BCUT2D eigenvalue weighted by Gasteiger charge is -2.37. The van der Waals surface area contributed by atoms with E-state index in [4.69, 9.17) is 10.5 Å². The molecular weight excluding hydrogens is 206 g/mol. The molecule has 1 amide bonds. The summed E-state index contributed by atoms with van der Waals surface area (Å²) in [4.78, 5) is 13.6. The third-order valence-corrected chi connectivity index (χ3v) is 3.31. The maximum absolute atomic E-state index is 11.4. The Morgan fingerprint density at radius 3 is 2.88 bits per heavy atom. The minimum Gasteiger partial charge on any atom is -0.376 e. The van der Waals surface area contributed by atoms with Gasteiger partial charge in [-0.3, -0.25) is 9.69 Å². The first-order chi connectivity index (χ1) is 7.51. The van der Waals surface area contributed by atoms with E-state index in [1.807, 2.05) is 6.92 Å². The molecule has 1 rings (SSSR count). The van der Waals surface area contributed by atoms with Crippen molar-refractivity contribution in [3.8, 4) is 0 Å². The van der Waals surface area contributed by atoms with E-state index in [2.05, 4.69) is 17.1 Å². The van der Waals surface area contributed by atoms with Gasteiger partial charge in [0.1, 0.15) is 5.54 Å². The lowest BCUT2D eigenvalue weighted by atomic mass is 10.0. The number of nitrogens with one attached hydrogen (secondary N) is 1. The van der Waals surface area contributed by atoms with E-state index in [-0.39, 0.29) is 12.0 Å². The predicted octanol–water partition coefficient (Wildman–Crippen LogP) is -0.439. The summed E-state index contributed by atoms with van der Waals surface area (Å²) in [5.74, 6) is -0.311. The second-order valence-electron chi connectivity index (χ2n) is 4.58. The first-order valence-electron chi connectivity index (χ1n) is 5.84. The van der Waals surface area contributed by atoms with Gasteiger partial charge in [-0.2, -0.15) is 0 Å². The molecule has 1 aliphatic rings. The van der Waals surface area contributed by atoms with Gasteiger partial charge in [0.2, 0.25) is 5.91 Å². The van der Waals surface area contributed by atoms with Crippen molar-refractivity contribution in [2.45, 2.75) is 31.9 Å². The van der Waals surface area contributed by atoms with Crippen molar-refractivity contribution in [2.24, 2.45) is 5.73 Å². The largest absolute Gasteiger partial charge is 0.376 e. The molecule has 2 unspecified atom stereocenters. The molecule has 1 saturated heterocycles. The van der Waals surface area contributed by atoms with E-state index < -0.39 is 5.54 Å². The molecule has 0 bridgehead atoms. The number of hydrogen-bond acceptors (Lipinski definition) is 4. The number of rotatable bonds is 5. The molecule has 1 heterocycles. The summed E-state index contributed by atoms with van der Waals surface area (Å²) in [6.07, 6.45) is 1.28. The monoisotopic (exact) mass is 229 g/mol. The zero-order valence-corrected chi connectivity index (χ0v) is 10.5. The fourth-order valence-corrected chi connectivity index (χ4v) is 1.90. The molecule has 1 aliphatic heterocycles. The van der Waals surface area contributed by atoms with Gasteiger partial charge in [0.05, 0.1) is 12.7 Å². The van der Waals surface area contributed by atoms with E-state index in [0.717, 1.165) is 26.1 Å². The summed E-state index contributed by atoms with van der Waals surface area (Å²) in [6, 6.07) is 0. The fourth-order valence-electron chi connectivity index (χ4n) is 1.90. The van der Waals surface area contributed by atoms with Crippen LogP contribution in [-0.2, 0) is 9.53 Å². The maximum Gasteiger partial charge on any atom is 0.238 e. The summed E-state index contributed by atoms with van der Waals surface area (Å²) >= 11 is 0. The second-order valence-corrected chi connectivity index (χ2v) is 4.58. The Balaban J connectivity index is 2.55. The Kier molecular flexibility index (Phi) is 4.70. The van der Waals surface area contributed by atoms with Gasteiger partial charge in [0.25, 0.3) is 0 Å². The number of morpholine rings is 1. The van der Waals surface area contributed by atoms with Crippen molar-refractivity contribution in [1.82, 2.24) is 10.2 Å². The zero-order chi connectivity index (χ0) is 12.2. The second kappa shape index (κ2) is 5.61. The quantitative estimate of drug-likeness (QED) is 0.671. The van der Waals surface area contributed by atoms with Crippen molar-refractivity contribution >= 4 is 5.91 Å². The number of primary amides is 1. The van der Waals surface area contributed by atoms with Crippen molar-refractivity contribution < 1.29 is 9.53 Å². The van der Waals surface area contributed by atoms with Crippen LogP contribution in [0.25, 0.3) is 0 Å². The Morgan fingerprint density at radius 1 is 1.69 bits per heavy atom. The van der Waals surface area contributed by atoms with E-state index in [1.165, 1.54) is 0 Å².